The standard InChI is InChI=1S/C44H42N6O4/c1-48(2)19-21-53-42-26-35-31-16-14-28(24-39(31)46-40(35)25-36(42)32-10-6-8-12-41(32)50(51)52)27-13-15-29(37(45)23-27)34-18-17-33-30-9-5-7-11-38(30)47-43(33)44(34)54-22-20-49(3)4/h5-18,23-26,46-47H,19-22,45H2,1-4H3. The Balaban J connectivity index is 1.18. The van der Waals surface area contributed by atoms with Crippen molar-refractivity contribution in [2.45, 2.75) is 0 Å². The van der Waals surface area contributed by atoms with E-state index in [1.165, 1.54) is 6.07 Å². The Morgan fingerprint density at radius 1 is 0.611 bits per heavy atom. The van der Waals surface area contributed by atoms with Crippen LogP contribution < -0.4 is 15.2 Å². The number of nitro groups is 1. The van der Waals surface area contributed by atoms with Gasteiger partial charge in [-0.25, -0.2) is 0 Å². The van der Waals surface area contributed by atoms with Crippen LogP contribution in [0, 0.1) is 10.1 Å². The van der Waals surface area contributed by atoms with E-state index >= 15 is 0 Å². The van der Waals surface area contributed by atoms with E-state index in [0.29, 0.717) is 42.3 Å². The topological polar surface area (TPSA) is 126 Å². The van der Waals surface area contributed by atoms with E-state index in [0.717, 1.165) is 78.2 Å². The van der Waals surface area contributed by atoms with Crippen LogP contribution in [-0.2, 0) is 0 Å². The average Bonchev–Trinajstić information content (AvgIpc) is 3.72. The molecule has 10 nitrogen and oxygen atoms in total. The molecule has 0 spiro atoms. The van der Waals surface area contributed by atoms with Crippen LogP contribution in [0.15, 0.2) is 109 Å². The summed E-state index contributed by atoms with van der Waals surface area (Å²) in [7, 11) is 8.04. The molecular weight excluding hydrogens is 677 g/mol. The summed E-state index contributed by atoms with van der Waals surface area (Å²) in [5, 5.41) is 16.3. The van der Waals surface area contributed by atoms with Crippen molar-refractivity contribution in [3.05, 3.63) is 119 Å². The molecule has 0 amide bonds. The van der Waals surface area contributed by atoms with Gasteiger partial charge >= 0.3 is 0 Å². The summed E-state index contributed by atoms with van der Waals surface area (Å²) in [6, 6.07) is 35.8. The fourth-order valence-corrected chi connectivity index (χ4v) is 7.21. The van der Waals surface area contributed by atoms with E-state index in [1.807, 2.05) is 63.4 Å². The van der Waals surface area contributed by atoms with Gasteiger partial charge in [0, 0.05) is 79.6 Å². The quantitative estimate of drug-likeness (QED) is 0.0653. The molecule has 0 fully saturated rings. The van der Waals surface area contributed by atoms with Crippen molar-refractivity contribution in [3.63, 3.8) is 0 Å². The molecule has 0 aliphatic rings. The molecule has 10 heteroatoms. The number of ether oxygens (including phenoxy) is 2. The zero-order valence-electron chi connectivity index (χ0n) is 30.8. The van der Waals surface area contributed by atoms with E-state index < -0.39 is 0 Å². The summed E-state index contributed by atoms with van der Waals surface area (Å²) in [4.78, 5) is 23.0. The molecule has 6 aromatic carbocycles. The molecule has 2 heterocycles. The van der Waals surface area contributed by atoms with Gasteiger partial charge in [-0.05, 0) is 81.8 Å². The van der Waals surface area contributed by atoms with Gasteiger partial charge in [0.05, 0.1) is 16.0 Å². The number of benzene rings is 6. The number of rotatable bonds is 12. The number of nitrogens with two attached hydrogens (primary N) is 1. The molecule has 0 aliphatic carbocycles. The summed E-state index contributed by atoms with van der Waals surface area (Å²) in [6.45, 7) is 2.45. The van der Waals surface area contributed by atoms with Crippen LogP contribution in [0.25, 0.3) is 77.0 Å². The van der Waals surface area contributed by atoms with Crippen LogP contribution in [0.4, 0.5) is 11.4 Å². The normalized spacial score (nSPS) is 11.8. The van der Waals surface area contributed by atoms with Crippen LogP contribution in [0.1, 0.15) is 0 Å². The second-order valence-corrected chi connectivity index (χ2v) is 14.2. The van der Waals surface area contributed by atoms with Crippen molar-refractivity contribution < 1.29 is 14.4 Å². The van der Waals surface area contributed by atoms with E-state index in [9.17, 15) is 10.1 Å². The highest BCUT2D eigenvalue weighted by Gasteiger charge is 2.21. The molecule has 0 radical (unpaired) electrons. The Hall–Kier alpha value is -6.36. The summed E-state index contributed by atoms with van der Waals surface area (Å²) in [5.74, 6) is 1.39. The van der Waals surface area contributed by atoms with Gasteiger partial charge < -0.3 is 35.0 Å². The number of likely N-dealkylation sites (N-methyl/N-ethyl adjacent to an activating group) is 2. The zero-order valence-corrected chi connectivity index (χ0v) is 30.8. The lowest BCUT2D eigenvalue weighted by atomic mass is 9.96. The average molecular weight is 719 g/mol. The first-order chi connectivity index (χ1) is 26.2. The number of fused-ring (bicyclic) bond motifs is 6. The van der Waals surface area contributed by atoms with Crippen LogP contribution in [0.3, 0.4) is 0 Å². The minimum Gasteiger partial charge on any atom is -0.492 e. The highest BCUT2D eigenvalue weighted by Crippen LogP contribution is 2.44. The number of aromatic amines is 2. The maximum atomic E-state index is 12.0. The Morgan fingerprint density at radius 2 is 1.26 bits per heavy atom. The van der Waals surface area contributed by atoms with E-state index in [4.69, 9.17) is 15.2 Å². The zero-order chi connectivity index (χ0) is 37.5. The summed E-state index contributed by atoms with van der Waals surface area (Å²) < 4.78 is 12.8. The maximum absolute atomic E-state index is 12.0. The number of H-pyrrole nitrogens is 2. The molecule has 8 aromatic rings. The number of aromatic nitrogens is 2. The minimum absolute atomic E-state index is 0.0298. The van der Waals surface area contributed by atoms with Gasteiger partial charge in [0.15, 0.2) is 5.75 Å². The highest BCUT2D eigenvalue weighted by atomic mass is 16.6. The van der Waals surface area contributed by atoms with Crippen molar-refractivity contribution in [3.8, 4) is 44.9 Å². The second-order valence-electron chi connectivity index (χ2n) is 14.2. The van der Waals surface area contributed by atoms with Crippen LogP contribution >= 0.6 is 0 Å². The number of anilines is 1. The third-order valence-corrected chi connectivity index (χ3v) is 9.98. The van der Waals surface area contributed by atoms with Gasteiger partial charge in [-0.1, -0.05) is 60.7 Å². The van der Waals surface area contributed by atoms with E-state index in [1.54, 1.807) is 12.1 Å². The molecule has 54 heavy (non-hydrogen) atoms. The largest absolute Gasteiger partial charge is 0.492 e. The Morgan fingerprint density at radius 3 is 2.04 bits per heavy atom. The lowest BCUT2D eigenvalue weighted by Crippen LogP contribution is -2.19. The molecule has 0 saturated heterocycles. The first-order valence-electron chi connectivity index (χ1n) is 18.0. The Labute approximate surface area is 312 Å². The van der Waals surface area contributed by atoms with Gasteiger partial charge in [-0.3, -0.25) is 10.1 Å². The number of para-hydroxylation sites is 2. The first kappa shape index (κ1) is 34.7. The predicted molar refractivity (Wildman–Crippen MR) is 221 cm³/mol. The van der Waals surface area contributed by atoms with Crippen LogP contribution in [-0.4, -0.2) is 79.2 Å². The lowest BCUT2D eigenvalue weighted by molar-refractivity contribution is -0.384. The van der Waals surface area contributed by atoms with Gasteiger partial charge in [-0.2, -0.15) is 0 Å². The van der Waals surface area contributed by atoms with E-state index in [-0.39, 0.29) is 10.6 Å². The number of nitro benzene ring substituents is 1. The highest BCUT2D eigenvalue weighted by molar-refractivity contribution is 6.12. The van der Waals surface area contributed by atoms with Crippen LogP contribution in [0.5, 0.6) is 11.5 Å². The summed E-state index contributed by atoms with van der Waals surface area (Å²) in [6.07, 6.45) is 0. The number of hydrogen-bond donors (Lipinski definition) is 3. The van der Waals surface area contributed by atoms with Gasteiger partial charge in [0.1, 0.15) is 19.0 Å². The predicted octanol–water partition coefficient (Wildman–Crippen LogP) is 9.33. The smallest absolute Gasteiger partial charge is 0.277 e. The van der Waals surface area contributed by atoms with Crippen LogP contribution in [0.2, 0.25) is 0 Å². The molecule has 0 atom stereocenters. The van der Waals surface area contributed by atoms with Crippen molar-refractivity contribution in [2.24, 2.45) is 0 Å². The van der Waals surface area contributed by atoms with Gasteiger partial charge in [0.2, 0.25) is 0 Å². The van der Waals surface area contributed by atoms with Crippen molar-refractivity contribution >= 4 is 55.0 Å². The van der Waals surface area contributed by atoms with Gasteiger partial charge in [0.25, 0.3) is 5.69 Å². The molecule has 0 aliphatic heterocycles. The molecule has 272 valence electrons. The fourth-order valence-electron chi connectivity index (χ4n) is 7.21. The monoisotopic (exact) mass is 718 g/mol. The molecule has 0 unspecified atom stereocenters. The van der Waals surface area contributed by atoms with Crippen molar-refractivity contribution in [1.82, 2.24) is 19.8 Å². The first-order valence-corrected chi connectivity index (χ1v) is 18.0. The summed E-state index contributed by atoms with van der Waals surface area (Å²) in [5.41, 5.74) is 16.3. The third-order valence-electron chi connectivity index (χ3n) is 9.98. The van der Waals surface area contributed by atoms with Crippen molar-refractivity contribution in [1.29, 1.82) is 0 Å². The number of nitrogen functional groups attached to an aromatic ring is 1. The minimum atomic E-state index is -0.350. The Kier molecular flexibility index (Phi) is 9.14. The van der Waals surface area contributed by atoms with Gasteiger partial charge in [-0.15, -0.1) is 0 Å². The molecule has 0 saturated carbocycles. The van der Waals surface area contributed by atoms with E-state index in [2.05, 4.69) is 75.5 Å². The summed E-state index contributed by atoms with van der Waals surface area (Å²) >= 11 is 0. The molecule has 0 bridgehead atoms. The molecule has 4 N–H and O–H groups in total. The molecule has 8 rings (SSSR count). The van der Waals surface area contributed by atoms with Crippen molar-refractivity contribution in [2.75, 3.05) is 60.2 Å². The number of nitrogens with zero attached hydrogens (tertiary/aromatic N) is 3. The molecule has 2 aromatic heterocycles. The maximum Gasteiger partial charge on any atom is 0.277 e. The third kappa shape index (κ3) is 6.46. The molecular formula is C44H42N6O4. The second kappa shape index (κ2) is 14.2. The Bertz CT molecular complexity index is 2690. The fraction of sp³-hybridized carbons (Fsp3) is 0.182. The SMILES string of the molecule is CN(C)CCOc1cc2c(cc1-c1ccccc1[N+](=O)[O-])[nH]c1cc(-c3ccc(-c4ccc5c([nH]c6ccccc65)c4OCCN(C)C)c(N)c3)ccc12. The number of hydrogen-bond acceptors (Lipinski definition) is 7. The number of nitrogens with one attached hydrogen (secondary N) is 2. The lowest BCUT2D eigenvalue weighted by Gasteiger charge is -2.17.